The van der Waals surface area contributed by atoms with Gasteiger partial charge in [0.15, 0.2) is 0 Å². The Bertz CT molecular complexity index is 921. The summed E-state index contributed by atoms with van der Waals surface area (Å²) in [5, 5.41) is 22.6. The number of hydrogen-bond acceptors (Lipinski definition) is 7. The lowest BCUT2D eigenvalue weighted by Gasteiger charge is -2.11. The number of phenols is 2. The van der Waals surface area contributed by atoms with Crippen LogP contribution in [0.3, 0.4) is 0 Å². The molecule has 0 saturated carbocycles. The zero-order chi connectivity index (χ0) is 20.8. The first-order chi connectivity index (χ1) is 13.3. The number of aromatic hydroxyl groups is 2. The number of esters is 2. The molecule has 2 aromatic rings. The Kier molecular flexibility index (Phi) is 6.59. The minimum atomic E-state index is -0.819. The molecule has 0 radical (unpaired) electrons. The normalized spacial score (nSPS) is 10.2. The Labute approximate surface area is 161 Å². The molecule has 8 heteroatoms. The fourth-order valence-corrected chi connectivity index (χ4v) is 2.52. The molecule has 2 rings (SSSR count). The van der Waals surface area contributed by atoms with Crippen molar-refractivity contribution in [3.63, 3.8) is 0 Å². The summed E-state index contributed by atoms with van der Waals surface area (Å²) in [7, 11) is 0. The molecule has 0 bridgehead atoms. The molecule has 0 unspecified atom stereocenters. The number of amides is 1. The second-order valence-electron chi connectivity index (χ2n) is 5.87. The second-order valence-corrected chi connectivity index (χ2v) is 5.87. The number of ether oxygens (including phenoxy) is 2. The van der Waals surface area contributed by atoms with Crippen molar-refractivity contribution in [3.8, 4) is 11.5 Å². The van der Waals surface area contributed by atoms with Gasteiger partial charge in [-0.2, -0.15) is 0 Å². The van der Waals surface area contributed by atoms with Crippen molar-refractivity contribution >= 4 is 23.5 Å². The third-order valence-corrected chi connectivity index (χ3v) is 3.70. The quantitative estimate of drug-likeness (QED) is 0.514. The highest BCUT2D eigenvalue weighted by atomic mass is 16.5. The maximum absolute atomic E-state index is 12.5. The lowest BCUT2D eigenvalue weighted by Crippen LogP contribution is -2.14. The van der Waals surface area contributed by atoms with E-state index in [4.69, 9.17) is 9.47 Å². The Morgan fingerprint density at radius 2 is 1.43 bits per heavy atom. The van der Waals surface area contributed by atoms with Gasteiger partial charge in [-0.25, -0.2) is 9.59 Å². The molecule has 0 aliphatic carbocycles. The van der Waals surface area contributed by atoms with Gasteiger partial charge >= 0.3 is 11.9 Å². The molecule has 2 aromatic carbocycles. The van der Waals surface area contributed by atoms with Crippen LogP contribution in [0.4, 0.5) is 5.69 Å². The van der Waals surface area contributed by atoms with Crippen LogP contribution in [-0.4, -0.2) is 41.3 Å². The average molecular weight is 387 g/mol. The van der Waals surface area contributed by atoms with E-state index in [0.29, 0.717) is 11.3 Å². The van der Waals surface area contributed by atoms with E-state index in [9.17, 15) is 24.6 Å². The van der Waals surface area contributed by atoms with E-state index in [1.165, 1.54) is 6.07 Å². The Morgan fingerprint density at radius 1 is 0.857 bits per heavy atom. The first kappa shape index (κ1) is 20.8. The Balaban J connectivity index is 2.29. The van der Waals surface area contributed by atoms with Crippen LogP contribution >= 0.6 is 0 Å². The molecular weight excluding hydrogens is 366 g/mol. The number of hydrogen-bond donors (Lipinski definition) is 3. The summed E-state index contributed by atoms with van der Waals surface area (Å²) in [4.78, 5) is 36.1. The predicted molar refractivity (Wildman–Crippen MR) is 101 cm³/mol. The van der Waals surface area contributed by atoms with E-state index in [1.54, 1.807) is 32.9 Å². The van der Waals surface area contributed by atoms with Crippen LogP contribution in [0.2, 0.25) is 0 Å². The van der Waals surface area contributed by atoms with Crippen LogP contribution in [0, 0.1) is 6.92 Å². The largest absolute Gasteiger partial charge is 0.507 e. The van der Waals surface area contributed by atoms with E-state index in [0.717, 1.165) is 12.1 Å². The van der Waals surface area contributed by atoms with Crippen molar-refractivity contribution in [2.45, 2.75) is 20.8 Å². The van der Waals surface area contributed by atoms with Crippen LogP contribution in [0.1, 0.15) is 50.5 Å². The molecule has 0 fully saturated rings. The van der Waals surface area contributed by atoms with Crippen molar-refractivity contribution in [1.29, 1.82) is 0 Å². The van der Waals surface area contributed by atoms with Gasteiger partial charge in [-0.3, -0.25) is 4.79 Å². The lowest BCUT2D eigenvalue weighted by molar-refractivity contribution is 0.0514. The van der Waals surface area contributed by atoms with E-state index >= 15 is 0 Å². The highest BCUT2D eigenvalue weighted by Crippen LogP contribution is 2.29. The summed E-state index contributed by atoms with van der Waals surface area (Å²) < 4.78 is 9.72. The molecule has 0 spiro atoms. The maximum atomic E-state index is 12.5. The number of nitrogens with one attached hydrogen (secondary N) is 1. The zero-order valence-corrected chi connectivity index (χ0v) is 15.7. The summed E-state index contributed by atoms with van der Waals surface area (Å²) >= 11 is 0. The van der Waals surface area contributed by atoms with Gasteiger partial charge in [0.25, 0.3) is 5.91 Å². The molecule has 0 atom stereocenters. The molecule has 0 aromatic heterocycles. The van der Waals surface area contributed by atoms with Crippen LogP contribution in [0.5, 0.6) is 11.5 Å². The van der Waals surface area contributed by atoms with Crippen molar-refractivity contribution in [2.24, 2.45) is 0 Å². The van der Waals surface area contributed by atoms with Crippen molar-refractivity contribution in [1.82, 2.24) is 0 Å². The molecule has 0 saturated heterocycles. The Hall–Kier alpha value is -3.55. The monoisotopic (exact) mass is 387 g/mol. The third-order valence-electron chi connectivity index (χ3n) is 3.70. The minimum absolute atomic E-state index is 0.0947. The van der Waals surface area contributed by atoms with Crippen molar-refractivity contribution in [2.75, 3.05) is 18.5 Å². The lowest BCUT2D eigenvalue weighted by atomic mass is 10.1. The molecule has 0 aliphatic heterocycles. The summed E-state index contributed by atoms with van der Waals surface area (Å²) in [6.45, 7) is 5.34. The second kappa shape index (κ2) is 8.90. The van der Waals surface area contributed by atoms with Gasteiger partial charge in [-0.05, 0) is 56.7 Å². The minimum Gasteiger partial charge on any atom is -0.507 e. The maximum Gasteiger partial charge on any atom is 0.342 e. The fourth-order valence-electron chi connectivity index (χ4n) is 2.52. The molecule has 0 aliphatic rings. The standard InChI is InChI=1S/C20H21NO7/c1-4-27-19(25)12-6-11(3)7-13(8-12)21-18(24)14-9-17(23)15(10-16(14)22)20(26)28-5-2/h6-10,22-23H,4-5H2,1-3H3,(H,21,24). The van der Waals surface area contributed by atoms with Gasteiger partial charge in [0.05, 0.1) is 24.3 Å². The molecule has 0 heterocycles. The van der Waals surface area contributed by atoms with E-state index in [2.05, 4.69) is 5.32 Å². The first-order valence-electron chi connectivity index (χ1n) is 8.60. The number of phenolic OH excluding ortho intramolecular Hbond substituents is 2. The number of carbonyl (C=O) groups is 3. The summed E-state index contributed by atoms with van der Waals surface area (Å²) in [6, 6.07) is 6.61. The summed E-state index contributed by atoms with van der Waals surface area (Å²) in [5.41, 5.74) is 0.787. The average Bonchev–Trinajstić information content (AvgIpc) is 2.63. The highest BCUT2D eigenvalue weighted by Gasteiger charge is 2.20. The predicted octanol–water partition coefficient (Wildman–Crippen LogP) is 3.01. The van der Waals surface area contributed by atoms with Gasteiger partial charge < -0.3 is 25.0 Å². The van der Waals surface area contributed by atoms with Gasteiger partial charge in [-0.15, -0.1) is 0 Å². The SMILES string of the molecule is CCOC(=O)c1cc(C)cc(NC(=O)c2cc(O)c(C(=O)OCC)cc2O)c1. The number of carbonyl (C=O) groups excluding carboxylic acids is 3. The number of rotatable bonds is 6. The molecule has 1 amide bonds. The number of benzene rings is 2. The van der Waals surface area contributed by atoms with Crippen molar-refractivity contribution in [3.05, 3.63) is 52.6 Å². The first-order valence-corrected chi connectivity index (χ1v) is 8.60. The smallest absolute Gasteiger partial charge is 0.342 e. The fraction of sp³-hybridized carbons (Fsp3) is 0.250. The zero-order valence-electron chi connectivity index (χ0n) is 15.7. The van der Waals surface area contributed by atoms with Crippen LogP contribution in [0.15, 0.2) is 30.3 Å². The molecular formula is C20H21NO7. The van der Waals surface area contributed by atoms with Crippen LogP contribution < -0.4 is 5.32 Å². The number of aryl methyl sites for hydroxylation is 1. The van der Waals surface area contributed by atoms with Gasteiger partial charge in [0.1, 0.15) is 17.1 Å². The van der Waals surface area contributed by atoms with Gasteiger partial charge in [0, 0.05) is 5.69 Å². The van der Waals surface area contributed by atoms with Gasteiger partial charge in [-0.1, -0.05) is 0 Å². The van der Waals surface area contributed by atoms with E-state index < -0.39 is 29.3 Å². The van der Waals surface area contributed by atoms with Gasteiger partial charge in [0.2, 0.25) is 0 Å². The highest BCUT2D eigenvalue weighted by molar-refractivity contribution is 6.08. The van der Waals surface area contributed by atoms with E-state index in [-0.39, 0.29) is 29.9 Å². The summed E-state index contributed by atoms with van der Waals surface area (Å²) in [5.74, 6) is -3.08. The van der Waals surface area contributed by atoms with Crippen LogP contribution in [-0.2, 0) is 9.47 Å². The number of anilines is 1. The topological polar surface area (TPSA) is 122 Å². The molecule has 3 N–H and O–H groups in total. The van der Waals surface area contributed by atoms with Crippen LogP contribution in [0.25, 0.3) is 0 Å². The molecule has 28 heavy (non-hydrogen) atoms. The van der Waals surface area contributed by atoms with E-state index in [1.807, 2.05) is 0 Å². The van der Waals surface area contributed by atoms with Crippen molar-refractivity contribution < 1.29 is 34.1 Å². The summed E-state index contributed by atoms with van der Waals surface area (Å²) in [6.07, 6.45) is 0. The Morgan fingerprint density at radius 3 is 2.07 bits per heavy atom. The molecule has 8 nitrogen and oxygen atoms in total. The molecule has 148 valence electrons. The third kappa shape index (κ3) is 4.79.